The van der Waals surface area contributed by atoms with Crippen molar-refractivity contribution in [2.24, 2.45) is 0 Å². The highest BCUT2D eigenvalue weighted by Gasteiger charge is 2.17. The Balaban J connectivity index is 1.61. The fourth-order valence-electron chi connectivity index (χ4n) is 2.96. The maximum atomic E-state index is 12.7. The van der Waals surface area contributed by atoms with Crippen molar-refractivity contribution in [3.63, 3.8) is 0 Å². The highest BCUT2D eigenvalue weighted by Crippen LogP contribution is 2.31. The summed E-state index contributed by atoms with van der Waals surface area (Å²) in [5.74, 6) is -0.273. The molecule has 9 heteroatoms. The normalized spacial score (nSPS) is 10.6. The Hall–Kier alpha value is -4.53. The van der Waals surface area contributed by atoms with Crippen LogP contribution in [0.1, 0.15) is 17.3 Å². The summed E-state index contributed by atoms with van der Waals surface area (Å²) >= 11 is 0. The number of carbonyl (C=O) groups excluding carboxylic acids is 2. The van der Waals surface area contributed by atoms with Crippen LogP contribution in [-0.2, 0) is 4.79 Å². The van der Waals surface area contributed by atoms with Crippen LogP contribution < -0.4 is 10.1 Å². The van der Waals surface area contributed by atoms with Gasteiger partial charge in [0.2, 0.25) is 5.89 Å². The fraction of sp³-hybridized carbons (Fsp3) is 0.0455. The smallest absolute Gasteiger partial charge is 0.308 e. The maximum Gasteiger partial charge on any atom is 0.308 e. The zero-order valence-corrected chi connectivity index (χ0v) is 16.2. The molecule has 0 unspecified atom stereocenters. The summed E-state index contributed by atoms with van der Waals surface area (Å²) in [7, 11) is 0. The molecule has 0 aliphatic rings. The number of nitrogens with one attached hydrogen (secondary N) is 1. The SMILES string of the molecule is CC(=O)Oc1ccc(C(=O)Nc2ccccc2-c2nc3ccc([N+](=O)[O-])cc3o2)cc1. The quantitative estimate of drug-likeness (QED) is 0.218. The number of aromatic nitrogens is 1. The van der Waals surface area contributed by atoms with Gasteiger partial charge in [0.1, 0.15) is 11.3 Å². The molecule has 0 saturated carbocycles. The maximum absolute atomic E-state index is 12.7. The number of oxazole rings is 1. The molecule has 0 aliphatic carbocycles. The summed E-state index contributed by atoms with van der Waals surface area (Å²) < 4.78 is 10.7. The van der Waals surface area contributed by atoms with Crippen LogP contribution in [-0.4, -0.2) is 21.8 Å². The molecule has 1 amide bonds. The molecule has 3 aromatic carbocycles. The number of non-ortho nitro benzene ring substituents is 1. The van der Waals surface area contributed by atoms with Crippen molar-refractivity contribution < 1.29 is 23.7 Å². The van der Waals surface area contributed by atoms with Crippen molar-refractivity contribution >= 4 is 34.4 Å². The van der Waals surface area contributed by atoms with Crippen molar-refractivity contribution in [3.05, 3.63) is 82.4 Å². The summed E-state index contributed by atoms with van der Waals surface area (Å²) in [6.45, 7) is 1.29. The number of ether oxygens (including phenoxy) is 1. The van der Waals surface area contributed by atoms with Crippen molar-refractivity contribution in [2.45, 2.75) is 6.92 Å². The molecule has 0 saturated heterocycles. The summed E-state index contributed by atoms with van der Waals surface area (Å²) in [6.07, 6.45) is 0. The van der Waals surface area contributed by atoms with Gasteiger partial charge in [0.25, 0.3) is 11.6 Å². The second-order valence-corrected chi connectivity index (χ2v) is 6.55. The third kappa shape index (κ3) is 4.25. The van der Waals surface area contributed by atoms with Gasteiger partial charge in [-0.1, -0.05) is 12.1 Å². The molecule has 0 fully saturated rings. The highest BCUT2D eigenvalue weighted by atomic mass is 16.6. The van der Waals surface area contributed by atoms with E-state index in [0.29, 0.717) is 28.1 Å². The van der Waals surface area contributed by atoms with Crippen molar-refractivity contribution in [1.29, 1.82) is 0 Å². The van der Waals surface area contributed by atoms with Crippen LogP contribution in [0.5, 0.6) is 5.75 Å². The molecule has 0 atom stereocenters. The van der Waals surface area contributed by atoms with Gasteiger partial charge in [-0.3, -0.25) is 19.7 Å². The molecule has 0 radical (unpaired) electrons. The molecule has 1 heterocycles. The van der Waals surface area contributed by atoms with Crippen LogP contribution in [0.15, 0.2) is 71.1 Å². The molecule has 9 nitrogen and oxygen atoms in total. The average Bonchev–Trinajstić information content (AvgIpc) is 3.17. The Morgan fingerprint density at radius 1 is 1.06 bits per heavy atom. The van der Waals surface area contributed by atoms with Gasteiger partial charge in [-0.15, -0.1) is 0 Å². The highest BCUT2D eigenvalue weighted by molar-refractivity contribution is 6.06. The zero-order valence-electron chi connectivity index (χ0n) is 16.2. The molecule has 154 valence electrons. The Labute approximate surface area is 175 Å². The van der Waals surface area contributed by atoms with Crippen molar-refractivity contribution in [2.75, 3.05) is 5.32 Å². The number of fused-ring (bicyclic) bond motifs is 1. The largest absolute Gasteiger partial charge is 0.436 e. The first-order valence-corrected chi connectivity index (χ1v) is 9.15. The van der Waals surface area contributed by atoms with Crippen LogP contribution >= 0.6 is 0 Å². The number of nitro groups is 1. The predicted octanol–water partition coefficient (Wildman–Crippen LogP) is 4.58. The van der Waals surface area contributed by atoms with Crippen LogP contribution in [0.25, 0.3) is 22.6 Å². The number of nitrogens with zero attached hydrogens (tertiary/aromatic N) is 2. The van der Waals surface area contributed by atoms with Crippen LogP contribution in [0.2, 0.25) is 0 Å². The number of para-hydroxylation sites is 1. The lowest BCUT2D eigenvalue weighted by Gasteiger charge is -2.09. The van der Waals surface area contributed by atoms with Gasteiger partial charge in [-0.05, 0) is 42.5 Å². The zero-order chi connectivity index (χ0) is 22.0. The van der Waals surface area contributed by atoms with Crippen LogP contribution in [0.4, 0.5) is 11.4 Å². The molecule has 0 spiro atoms. The summed E-state index contributed by atoms with van der Waals surface area (Å²) in [5.41, 5.74) is 1.96. The number of hydrogen-bond donors (Lipinski definition) is 1. The van der Waals surface area contributed by atoms with E-state index in [1.165, 1.54) is 49.4 Å². The number of nitro benzene ring substituents is 1. The molecule has 4 rings (SSSR count). The van der Waals surface area contributed by atoms with E-state index in [4.69, 9.17) is 9.15 Å². The van der Waals surface area contributed by atoms with E-state index in [9.17, 15) is 19.7 Å². The minimum atomic E-state index is -0.511. The minimum absolute atomic E-state index is 0.103. The van der Waals surface area contributed by atoms with Gasteiger partial charge >= 0.3 is 5.97 Å². The van der Waals surface area contributed by atoms with Crippen LogP contribution in [0.3, 0.4) is 0 Å². The molecule has 31 heavy (non-hydrogen) atoms. The summed E-state index contributed by atoms with van der Waals surface area (Å²) in [4.78, 5) is 38.5. The van der Waals surface area contributed by atoms with E-state index in [2.05, 4.69) is 10.3 Å². The minimum Gasteiger partial charge on any atom is -0.436 e. The summed E-state index contributed by atoms with van der Waals surface area (Å²) in [5, 5.41) is 13.8. The number of carbonyl (C=O) groups is 2. The van der Waals surface area contributed by atoms with Gasteiger partial charge in [0.15, 0.2) is 5.58 Å². The van der Waals surface area contributed by atoms with E-state index in [-0.39, 0.29) is 23.1 Å². The van der Waals surface area contributed by atoms with E-state index in [1.54, 1.807) is 24.3 Å². The Morgan fingerprint density at radius 3 is 2.52 bits per heavy atom. The third-order valence-electron chi connectivity index (χ3n) is 4.37. The van der Waals surface area contributed by atoms with E-state index >= 15 is 0 Å². The second kappa shape index (κ2) is 8.07. The van der Waals surface area contributed by atoms with Gasteiger partial charge in [-0.2, -0.15) is 0 Å². The first-order chi connectivity index (χ1) is 14.9. The number of benzene rings is 3. The number of rotatable bonds is 5. The van der Waals surface area contributed by atoms with Gasteiger partial charge in [-0.25, -0.2) is 4.98 Å². The first-order valence-electron chi connectivity index (χ1n) is 9.15. The monoisotopic (exact) mass is 417 g/mol. The Morgan fingerprint density at radius 2 is 1.81 bits per heavy atom. The van der Waals surface area contributed by atoms with E-state index < -0.39 is 10.9 Å². The number of amides is 1. The Bertz CT molecular complexity index is 1310. The molecular formula is C22H15N3O6. The molecule has 0 aliphatic heterocycles. The van der Waals surface area contributed by atoms with Crippen molar-refractivity contribution in [3.8, 4) is 17.2 Å². The molecule has 1 N–H and O–H groups in total. The molecular weight excluding hydrogens is 402 g/mol. The molecule has 0 bridgehead atoms. The van der Waals surface area contributed by atoms with Gasteiger partial charge < -0.3 is 14.5 Å². The topological polar surface area (TPSA) is 125 Å². The van der Waals surface area contributed by atoms with E-state index in [1.807, 2.05) is 0 Å². The summed E-state index contributed by atoms with van der Waals surface area (Å²) in [6, 6.07) is 17.2. The number of anilines is 1. The van der Waals surface area contributed by atoms with Gasteiger partial charge in [0.05, 0.1) is 22.2 Å². The lowest BCUT2D eigenvalue weighted by molar-refractivity contribution is -0.384. The Kier molecular flexibility index (Phi) is 5.15. The lowest BCUT2D eigenvalue weighted by atomic mass is 10.1. The second-order valence-electron chi connectivity index (χ2n) is 6.55. The third-order valence-corrected chi connectivity index (χ3v) is 4.37. The predicted molar refractivity (Wildman–Crippen MR) is 112 cm³/mol. The number of hydrogen-bond acceptors (Lipinski definition) is 7. The molecule has 1 aromatic heterocycles. The fourth-order valence-corrected chi connectivity index (χ4v) is 2.96. The van der Waals surface area contributed by atoms with E-state index in [0.717, 1.165) is 0 Å². The molecule has 4 aromatic rings. The van der Waals surface area contributed by atoms with Crippen molar-refractivity contribution in [1.82, 2.24) is 4.98 Å². The lowest BCUT2D eigenvalue weighted by Crippen LogP contribution is -2.12. The standard InChI is InChI=1S/C22H15N3O6/c1-13(26)30-16-9-6-14(7-10-16)21(27)23-18-5-3-2-4-17(18)22-24-19-11-8-15(25(28)29)12-20(19)31-22/h2-12H,1H3,(H,23,27). The van der Waals surface area contributed by atoms with Gasteiger partial charge in [0, 0.05) is 18.6 Å². The first kappa shape index (κ1) is 19.8. The van der Waals surface area contributed by atoms with Crippen LogP contribution in [0, 0.1) is 10.1 Å². The number of esters is 1. The average molecular weight is 417 g/mol.